The largest absolute Gasteiger partial charge is 0.377 e. The van der Waals surface area contributed by atoms with Crippen molar-refractivity contribution in [3.8, 4) is 0 Å². The average Bonchev–Trinajstić information content (AvgIpc) is 2.75. The normalized spacial score (nSPS) is 23.1. The van der Waals surface area contributed by atoms with Crippen LogP contribution in [0.5, 0.6) is 0 Å². The highest BCUT2D eigenvalue weighted by atomic mass is 16.5. The summed E-state index contributed by atoms with van der Waals surface area (Å²) < 4.78 is 5.09. The van der Waals surface area contributed by atoms with Crippen molar-refractivity contribution in [1.82, 2.24) is 9.97 Å². The molecule has 0 spiro atoms. The Hall–Kier alpha value is -1.36. The zero-order valence-corrected chi connectivity index (χ0v) is 11.4. The zero-order valence-electron chi connectivity index (χ0n) is 11.4. The van der Waals surface area contributed by atoms with Crippen molar-refractivity contribution in [2.75, 3.05) is 24.8 Å². The number of aromatic nitrogens is 2. The number of hydrogen-bond acceptors (Lipinski definition) is 5. The number of rotatable bonds is 5. The van der Waals surface area contributed by atoms with Gasteiger partial charge in [-0.05, 0) is 25.2 Å². The third-order valence-electron chi connectivity index (χ3n) is 3.35. The smallest absolute Gasteiger partial charge is 0.158 e. The van der Waals surface area contributed by atoms with Crippen LogP contribution in [-0.4, -0.2) is 30.2 Å². The van der Waals surface area contributed by atoms with E-state index in [1.807, 2.05) is 13.1 Å². The van der Waals surface area contributed by atoms with Gasteiger partial charge in [-0.1, -0.05) is 6.92 Å². The van der Waals surface area contributed by atoms with Crippen LogP contribution in [0.15, 0.2) is 6.07 Å². The zero-order chi connectivity index (χ0) is 13.0. The topological polar surface area (TPSA) is 59.1 Å². The van der Waals surface area contributed by atoms with Crippen molar-refractivity contribution in [2.45, 2.75) is 38.8 Å². The molecule has 0 aromatic carbocycles. The molecular formula is C13H22N4O. The van der Waals surface area contributed by atoms with Crippen molar-refractivity contribution < 1.29 is 4.74 Å². The molecule has 1 aromatic rings. The van der Waals surface area contributed by atoms with Crippen molar-refractivity contribution in [3.05, 3.63) is 11.9 Å². The Morgan fingerprint density at radius 2 is 2.11 bits per heavy atom. The molecule has 1 aliphatic rings. The molecule has 0 amide bonds. The number of nitrogens with zero attached hydrogens (tertiary/aromatic N) is 2. The van der Waals surface area contributed by atoms with Crippen molar-refractivity contribution >= 4 is 11.6 Å². The minimum Gasteiger partial charge on any atom is -0.377 e. The molecule has 0 bridgehead atoms. The second-order valence-electron chi connectivity index (χ2n) is 5.00. The Morgan fingerprint density at radius 1 is 1.33 bits per heavy atom. The maximum absolute atomic E-state index is 5.09. The third kappa shape index (κ3) is 3.32. The first-order chi connectivity index (χ1) is 8.71. The first-order valence-electron chi connectivity index (χ1n) is 6.52. The second-order valence-corrected chi connectivity index (χ2v) is 5.00. The molecule has 2 N–H and O–H groups in total. The summed E-state index contributed by atoms with van der Waals surface area (Å²) in [6.07, 6.45) is 3.74. The van der Waals surface area contributed by atoms with Gasteiger partial charge in [-0.2, -0.15) is 0 Å². The van der Waals surface area contributed by atoms with Crippen molar-refractivity contribution in [3.63, 3.8) is 0 Å². The van der Waals surface area contributed by atoms with E-state index in [4.69, 9.17) is 4.74 Å². The minimum absolute atomic E-state index is 0.436. The van der Waals surface area contributed by atoms with Gasteiger partial charge in [0.15, 0.2) is 5.82 Å². The molecule has 5 heteroatoms. The Balaban J connectivity index is 2.08. The van der Waals surface area contributed by atoms with E-state index in [1.54, 1.807) is 7.11 Å². The molecule has 1 heterocycles. The van der Waals surface area contributed by atoms with E-state index in [1.165, 1.54) is 19.3 Å². The lowest BCUT2D eigenvalue weighted by Gasteiger charge is -2.14. The van der Waals surface area contributed by atoms with Gasteiger partial charge in [0.1, 0.15) is 18.2 Å². The maximum Gasteiger partial charge on any atom is 0.158 e. The molecular weight excluding hydrogens is 228 g/mol. The van der Waals surface area contributed by atoms with Gasteiger partial charge < -0.3 is 15.4 Å². The minimum atomic E-state index is 0.436. The Kier molecular flexibility index (Phi) is 4.36. The van der Waals surface area contributed by atoms with Crippen LogP contribution in [0, 0.1) is 5.92 Å². The van der Waals surface area contributed by atoms with Gasteiger partial charge in [0.2, 0.25) is 0 Å². The molecule has 2 unspecified atom stereocenters. The second kappa shape index (κ2) is 6.00. The van der Waals surface area contributed by atoms with Crippen LogP contribution < -0.4 is 10.6 Å². The Bertz CT molecular complexity index is 397. The van der Waals surface area contributed by atoms with E-state index >= 15 is 0 Å². The predicted molar refractivity (Wildman–Crippen MR) is 72.7 cm³/mol. The molecule has 1 saturated carbocycles. The van der Waals surface area contributed by atoms with Crippen LogP contribution in [0.2, 0.25) is 0 Å². The molecule has 1 aromatic heterocycles. The Labute approximate surface area is 108 Å². The quantitative estimate of drug-likeness (QED) is 0.839. The van der Waals surface area contributed by atoms with Crippen molar-refractivity contribution in [1.29, 1.82) is 0 Å². The number of hydrogen-bond donors (Lipinski definition) is 2. The highest BCUT2D eigenvalue weighted by Crippen LogP contribution is 2.27. The van der Waals surface area contributed by atoms with Crippen LogP contribution in [0.4, 0.5) is 11.6 Å². The van der Waals surface area contributed by atoms with Crippen LogP contribution >= 0.6 is 0 Å². The first kappa shape index (κ1) is 13.1. The van der Waals surface area contributed by atoms with E-state index in [0.717, 1.165) is 17.6 Å². The number of nitrogens with one attached hydrogen (secondary N) is 2. The molecule has 2 rings (SSSR count). The number of ether oxygens (including phenoxy) is 1. The van der Waals surface area contributed by atoms with Gasteiger partial charge in [0, 0.05) is 26.3 Å². The first-order valence-corrected chi connectivity index (χ1v) is 6.52. The van der Waals surface area contributed by atoms with Gasteiger partial charge >= 0.3 is 0 Å². The van der Waals surface area contributed by atoms with Gasteiger partial charge in [-0.25, -0.2) is 9.97 Å². The molecule has 1 fully saturated rings. The lowest BCUT2D eigenvalue weighted by atomic mass is 10.1. The van der Waals surface area contributed by atoms with Crippen LogP contribution in [-0.2, 0) is 11.3 Å². The number of methoxy groups -OCH3 is 1. The van der Waals surface area contributed by atoms with E-state index in [-0.39, 0.29) is 0 Å². The standard InChI is InChI=1S/C13H22N4O/c1-9-4-5-10(6-9)15-12-7-11(14-2)16-13(17-12)8-18-3/h7,9-10H,4-6,8H2,1-3H3,(H2,14,15,16,17). The Morgan fingerprint density at radius 3 is 2.72 bits per heavy atom. The predicted octanol–water partition coefficient (Wildman–Crippen LogP) is 2.27. The molecule has 1 aliphatic carbocycles. The lowest BCUT2D eigenvalue weighted by molar-refractivity contribution is 0.178. The van der Waals surface area contributed by atoms with Gasteiger partial charge in [0.05, 0.1) is 0 Å². The fourth-order valence-corrected chi connectivity index (χ4v) is 2.44. The molecule has 0 radical (unpaired) electrons. The SMILES string of the molecule is CNc1cc(NC2CCC(C)C2)nc(COC)n1. The highest BCUT2D eigenvalue weighted by molar-refractivity contribution is 5.47. The number of anilines is 2. The van der Waals surface area contributed by atoms with E-state index in [0.29, 0.717) is 18.5 Å². The summed E-state index contributed by atoms with van der Waals surface area (Å²) in [5.41, 5.74) is 0. The molecule has 5 nitrogen and oxygen atoms in total. The summed E-state index contributed by atoms with van der Waals surface area (Å²) in [7, 11) is 3.52. The molecule has 0 aliphatic heterocycles. The van der Waals surface area contributed by atoms with E-state index in [9.17, 15) is 0 Å². The van der Waals surface area contributed by atoms with Gasteiger partial charge in [-0.3, -0.25) is 0 Å². The van der Waals surface area contributed by atoms with Crippen molar-refractivity contribution in [2.24, 2.45) is 5.92 Å². The van der Waals surface area contributed by atoms with Crippen LogP contribution in [0.1, 0.15) is 32.0 Å². The summed E-state index contributed by atoms with van der Waals surface area (Å²) in [6, 6.07) is 2.48. The average molecular weight is 250 g/mol. The molecule has 100 valence electrons. The van der Waals surface area contributed by atoms with Crippen LogP contribution in [0.25, 0.3) is 0 Å². The molecule has 2 atom stereocenters. The fraction of sp³-hybridized carbons (Fsp3) is 0.692. The summed E-state index contributed by atoms with van der Waals surface area (Å²) in [5.74, 6) is 3.23. The van der Waals surface area contributed by atoms with E-state index in [2.05, 4.69) is 27.5 Å². The summed E-state index contributed by atoms with van der Waals surface area (Å²) in [5, 5.41) is 6.55. The van der Waals surface area contributed by atoms with E-state index < -0.39 is 0 Å². The summed E-state index contributed by atoms with van der Waals surface area (Å²) in [4.78, 5) is 8.82. The third-order valence-corrected chi connectivity index (χ3v) is 3.35. The lowest BCUT2D eigenvalue weighted by Crippen LogP contribution is -2.17. The van der Waals surface area contributed by atoms with Crippen LogP contribution in [0.3, 0.4) is 0 Å². The molecule has 0 saturated heterocycles. The fourth-order valence-electron chi connectivity index (χ4n) is 2.44. The molecule has 18 heavy (non-hydrogen) atoms. The highest BCUT2D eigenvalue weighted by Gasteiger charge is 2.21. The monoisotopic (exact) mass is 250 g/mol. The van der Waals surface area contributed by atoms with Gasteiger partial charge in [-0.15, -0.1) is 0 Å². The van der Waals surface area contributed by atoms with Gasteiger partial charge in [0.25, 0.3) is 0 Å². The summed E-state index contributed by atoms with van der Waals surface area (Å²) in [6.45, 7) is 2.74. The maximum atomic E-state index is 5.09. The summed E-state index contributed by atoms with van der Waals surface area (Å²) >= 11 is 0.